The van der Waals surface area contributed by atoms with Crippen molar-refractivity contribution in [1.29, 1.82) is 0 Å². The van der Waals surface area contributed by atoms with E-state index in [0.29, 0.717) is 0 Å². The third-order valence-corrected chi connectivity index (χ3v) is 4.19. The van der Waals surface area contributed by atoms with Crippen molar-refractivity contribution in [3.8, 4) is 0 Å². The highest BCUT2D eigenvalue weighted by Crippen LogP contribution is 2.35. The summed E-state index contributed by atoms with van der Waals surface area (Å²) >= 11 is 0. The molecule has 1 aromatic rings. The summed E-state index contributed by atoms with van der Waals surface area (Å²) in [4.78, 5) is 2.25. The highest BCUT2D eigenvalue weighted by molar-refractivity contribution is 5.52. The zero-order valence-electron chi connectivity index (χ0n) is 12.9. The van der Waals surface area contributed by atoms with Crippen LogP contribution in [0.3, 0.4) is 0 Å². The lowest BCUT2D eigenvalue weighted by Gasteiger charge is -2.39. The van der Waals surface area contributed by atoms with Crippen LogP contribution in [0.15, 0.2) is 18.2 Å². The summed E-state index contributed by atoms with van der Waals surface area (Å²) in [5.74, 6) is 0.130. The van der Waals surface area contributed by atoms with E-state index in [1.807, 2.05) is 26.0 Å². The molecule has 0 bridgehead atoms. The van der Waals surface area contributed by atoms with Gasteiger partial charge in [-0.05, 0) is 41.9 Å². The zero-order valence-corrected chi connectivity index (χ0v) is 12.9. The fourth-order valence-electron chi connectivity index (χ4n) is 3.12. The number of anilines is 1. The summed E-state index contributed by atoms with van der Waals surface area (Å²) in [5, 5.41) is 0. The molecular formula is C17H25F2N. The largest absolute Gasteiger partial charge is 0.371 e. The minimum Gasteiger partial charge on any atom is -0.371 e. The fourth-order valence-corrected chi connectivity index (χ4v) is 3.12. The molecule has 0 aliphatic carbocycles. The number of alkyl halides is 2. The first-order chi connectivity index (χ1) is 9.30. The average molecular weight is 281 g/mol. The normalized spacial score (nSPS) is 18.9. The Kier molecular flexibility index (Phi) is 4.36. The zero-order chi connectivity index (χ0) is 14.9. The molecule has 1 heterocycles. The molecule has 112 valence electrons. The molecule has 1 saturated heterocycles. The van der Waals surface area contributed by atoms with Gasteiger partial charge in [0.2, 0.25) is 0 Å². The smallest absolute Gasteiger partial charge is 0.264 e. The van der Waals surface area contributed by atoms with Crippen LogP contribution in [0.1, 0.15) is 64.0 Å². The topological polar surface area (TPSA) is 3.24 Å². The molecule has 0 N–H and O–H groups in total. The van der Waals surface area contributed by atoms with Crippen molar-refractivity contribution < 1.29 is 8.78 Å². The van der Waals surface area contributed by atoms with Gasteiger partial charge in [-0.15, -0.1) is 0 Å². The predicted octanol–water partition coefficient (Wildman–Crippen LogP) is 5.37. The fraction of sp³-hybridized carbons (Fsp3) is 0.647. The summed E-state index contributed by atoms with van der Waals surface area (Å²) in [6.07, 6.45) is -0.0664. The monoisotopic (exact) mass is 281 g/mol. The Bertz CT molecular complexity index is 466. The van der Waals surface area contributed by atoms with Crippen molar-refractivity contribution in [3.05, 3.63) is 29.3 Å². The second kappa shape index (κ2) is 5.71. The van der Waals surface area contributed by atoms with Crippen molar-refractivity contribution in [3.63, 3.8) is 0 Å². The van der Waals surface area contributed by atoms with E-state index in [2.05, 4.69) is 18.7 Å². The minimum absolute atomic E-state index is 0.130. The maximum absolute atomic E-state index is 13.3. The molecular weight excluding hydrogens is 256 g/mol. The lowest BCUT2D eigenvalue weighted by molar-refractivity contribution is 0.150. The van der Waals surface area contributed by atoms with Crippen LogP contribution in [0.5, 0.6) is 0 Å². The van der Waals surface area contributed by atoms with Gasteiger partial charge in [0.25, 0.3) is 6.43 Å². The Morgan fingerprint density at radius 3 is 2.40 bits per heavy atom. The molecule has 0 amide bonds. The molecule has 0 atom stereocenters. The first-order valence-corrected chi connectivity index (χ1v) is 7.47. The maximum Gasteiger partial charge on any atom is 0.264 e. The van der Waals surface area contributed by atoms with E-state index in [4.69, 9.17) is 0 Å². The molecule has 1 fully saturated rings. The van der Waals surface area contributed by atoms with Crippen LogP contribution >= 0.6 is 0 Å². The van der Waals surface area contributed by atoms with E-state index in [1.54, 1.807) is 6.07 Å². The van der Waals surface area contributed by atoms with Crippen LogP contribution in [-0.4, -0.2) is 13.1 Å². The highest BCUT2D eigenvalue weighted by Gasteiger charge is 2.27. The van der Waals surface area contributed by atoms with Crippen LogP contribution in [0.2, 0.25) is 0 Å². The number of rotatable bonds is 3. The van der Waals surface area contributed by atoms with Gasteiger partial charge in [-0.2, -0.15) is 0 Å². The van der Waals surface area contributed by atoms with Gasteiger partial charge in [-0.3, -0.25) is 0 Å². The first kappa shape index (κ1) is 15.3. The molecule has 0 saturated carbocycles. The lowest BCUT2D eigenvalue weighted by Crippen LogP contribution is -2.40. The summed E-state index contributed by atoms with van der Waals surface area (Å²) in [5.41, 5.74) is 2.17. The third-order valence-electron chi connectivity index (χ3n) is 4.19. The predicted molar refractivity (Wildman–Crippen MR) is 80.7 cm³/mol. The van der Waals surface area contributed by atoms with Crippen LogP contribution in [0.4, 0.5) is 14.5 Å². The number of hydrogen-bond donors (Lipinski definition) is 0. The minimum atomic E-state index is -2.40. The second-order valence-corrected chi connectivity index (χ2v) is 6.96. The SMILES string of the molecule is CC(C)c1ccc(N2CCCC(C)(C)C2)cc1C(F)F. The number of benzene rings is 1. The van der Waals surface area contributed by atoms with Crippen molar-refractivity contribution in [2.24, 2.45) is 5.41 Å². The Morgan fingerprint density at radius 2 is 1.85 bits per heavy atom. The van der Waals surface area contributed by atoms with E-state index in [1.165, 1.54) is 6.42 Å². The van der Waals surface area contributed by atoms with Crippen LogP contribution in [0, 0.1) is 5.41 Å². The summed E-state index contributed by atoms with van der Waals surface area (Å²) in [6, 6.07) is 5.58. The molecule has 20 heavy (non-hydrogen) atoms. The average Bonchev–Trinajstić information content (AvgIpc) is 2.36. The van der Waals surface area contributed by atoms with Gasteiger partial charge >= 0.3 is 0 Å². The molecule has 1 aliphatic heterocycles. The van der Waals surface area contributed by atoms with E-state index in [-0.39, 0.29) is 16.9 Å². The van der Waals surface area contributed by atoms with Crippen LogP contribution < -0.4 is 4.90 Å². The highest BCUT2D eigenvalue weighted by atomic mass is 19.3. The van der Waals surface area contributed by atoms with Crippen LogP contribution in [-0.2, 0) is 0 Å². The molecule has 1 aliphatic rings. The number of piperidine rings is 1. The summed E-state index contributed by atoms with van der Waals surface area (Å²) < 4.78 is 26.5. The van der Waals surface area contributed by atoms with Gasteiger partial charge in [0.15, 0.2) is 0 Å². The molecule has 0 unspecified atom stereocenters. The number of hydrogen-bond acceptors (Lipinski definition) is 1. The Morgan fingerprint density at radius 1 is 1.15 bits per heavy atom. The second-order valence-electron chi connectivity index (χ2n) is 6.96. The van der Waals surface area contributed by atoms with Gasteiger partial charge in [-0.25, -0.2) is 8.78 Å². The molecule has 1 aromatic carbocycles. The van der Waals surface area contributed by atoms with Crippen molar-refractivity contribution >= 4 is 5.69 Å². The van der Waals surface area contributed by atoms with Crippen molar-refractivity contribution in [1.82, 2.24) is 0 Å². The lowest BCUT2D eigenvalue weighted by atomic mass is 9.84. The molecule has 0 aromatic heterocycles. The Labute approximate surface area is 121 Å². The number of halogens is 2. The quantitative estimate of drug-likeness (QED) is 0.719. The standard InChI is InChI=1S/C17H25F2N/c1-12(2)14-7-6-13(10-15(14)16(18)19)20-9-5-8-17(3,4)11-20/h6-7,10,12,16H,5,8-9,11H2,1-4H3. The van der Waals surface area contributed by atoms with Gasteiger partial charge in [0, 0.05) is 24.3 Å². The molecule has 1 nitrogen and oxygen atoms in total. The van der Waals surface area contributed by atoms with Gasteiger partial charge in [0.05, 0.1) is 0 Å². The molecule has 2 rings (SSSR count). The molecule has 0 spiro atoms. The van der Waals surface area contributed by atoms with E-state index in [9.17, 15) is 8.78 Å². The van der Waals surface area contributed by atoms with Crippen LogP contribution in [0.25, 0.3) is 0 Å². The molecule has 3 heteroatoms. The first-order valence-electron chi connectivity index (χ1n) is 7.47. The van der Waals surface area contributed by atoms with Gasteiger partial charge < -0.3 is 4.90 Å². The Hall–Kier alpha value is -1.12. The van der Waals surface area contributed by atoms with Crippen molar-refractivity contribution in [2.45, 2.75) is 52.9 Å². The molecule has 0 radical (unpaired) electrons. The van der Waals surface area contributed by atoms with Gasteiger partial charge in [0.1, 0.15) is 0 Å². The van der Waals surface area contributed by atoms with Crippen molar-refractivity contribution in [2.75, 3.05) is 18.0 Å². The van der Waals surface area contributed by atoms with E-state index in [0.717, 1.165) is 30.8 Å². The third kappa shape index (κ3) is 3.31. The van der Waals surface area contributed by atoms with Gasteiger partial charge in [-0.1, -0.05) is 33.8 Å². The number of nitrogens with zero attached hydrogens (tertiary/aromatic N) is 1. The summed E-state index contributed by atoms with van der Waals surface area (Å²) in [7, 11) is 0. The Balaban J connectivity index is 2.31. The van der Waals surface area contributed by atoms with E-state index >= 15 is 0 Å². The maximum atomic E-state index is 13.3. The summed E-state index contributed by atoms with van der Waals surface area (Å²) in [6.45, 7) is 10.3. The van der Waals surface area contributed by atoms with E-state index < -0.39 is 6.43 Å².